The standard InChI is InChI=1S/C23H18ClN3O3S/c1-26-22-8-6-18(7-9-22)13-21-16-27(31(29,30)11-10-24)15-20(23(21)28)12-17-2-4-19(14-25)5-3-17/h2-9,12-13H,10-11,15-16H2/b20-12+,21-13+. The van der Waals surface area contributed by atoms with Gasteiger partial charge in [-0.3, -0.25) is 4.79 Å². The second-order valence-corrected chi connectivity index (χ2v) is 9.34. The summed E-state index contributed by atoms with van der Waals surface area (Å²) in [6, 6.07) is 15.4. The van der Waals surface area contributed by atoms with Crippen molar-refractivity contribution < 1.29 is 13.2 Å². The molecule has 0 aliphatic carbocycles. The van der Waals surface area contributed by atoms with Crippen LogP contribution in [0, 0.1) is 17.9 Å². The van der Waals surface area contributed by atoms with Gasteiger partial charge in [0.15, 0.2) is 11.5 Å². The van der Waals surface area contributed by atoms with E-state index in [-0.39, 0.29) is 30.5 Å². The molecule has 31 heavy (non-hydrogen) atoms. The van der Waals surface area contributed by atoms with Crippen LogP contribution in [-0.2, 0) is 14.8 Å². The van der Waals surface area contributed by atoms with E-state index in [4.69, 9.17) is 23.4 Å². The molecule has 1 aliphatic heterocycles. The summed E-state index contributed by atoms with van der Waals surface area (Å²) in [4.78, 5) is 16.5. The summed E-state index contributed by atoms with van der Waals surface area (Å²) in [5.74, 6) is -0.505. The number of benzene rings is 2. The molecule has 156 valence electrons. The monoisotopic (exact) mass is 451 g/mol. The van der Waals surface area contributed by atoms with Crippen LogP contribution in [0.3, 0.4) is 0 Å². The second kappa shape index (κ2) is 9.72. The van der Waals surface area contributed by atoms with Gasteiger partial charge in [-0.15, -0.1) is 11.6 Å². The fourth-order valence-corrected chi connectivity index (χ4v) is 4.84. The predicted molar refractivity (Wildman–Crippen MR) is 121 cm³/mol. The van der Waals surface area contributed by atoms with Crippen LogP contribution in [0.5, 0.6) is 0 Å². The van der Waals surface area contributed by atoms with Gasteiger partial charge in [0, 0.05) is 30.1 Å². The zero-order chi connectivity index (χ0) is 22.4. The molecule has 2 aromatic rings. The molecule has 0 saturated carbocycles. The first-order valence-corrected chi connectivity index (χ1v) is 11.5. The molecule has 0 aromatic heterocycles. The van der Waals surface area contributed by atoms with Crippen molar-refractivity contribution in [1.29, 1.82) is 5.26 Å². The molecule has 0 spiro atoms. The maximum atomic E-state index is 13.1. The summed E-state index contributed by atoms with van der Waals surface area (Å²) in [5, 5.41) is 8.95. The van der Waals surface area contributed by atoms with Crippen LogP contribution in [0.1, 0.15) is 16.7 Å². The molecule has 1 saturated heterocycles. The van der Waals surface area contributed by atoms with Crippen molar-refractivity contribution in [3.05, 3.63) is 87.8 Å². The van der Waals surface area contributed by atoms with Crippen LogP contribution in [-0.4, -0.2) is 43.2 Å². The van der Waals surface area contributed by atoms with E-state index < -0.39 is 10.0 Å². The Hall–Kier alpha value is -3.23. The fraction of sp³-hybridized carbons (Fsp3) is 0.174. The highest BCUT2D eigenvalue weighted by atomic mass is 35.5. The molecule has 1 aliphatic rings. The SMILES string of the molecule is [C-]#[N+]c1ccc(/C=C2\CN(S(=O)(=O)CCCl)C/C(=C\c3ccc(C#N)cc3)C2=O)cc1. The van der Waals surface area contributed by atoms with E-state index in [0.717, 1.165) is 0 Å². The van der Waals surface area contributed by atoms with Crippen molar-refractivity contribution in [3.8, 4) is 6.07 Å². The largest absolute Gasteiger partial charge is 0.289 e. The van der Waals surface area contributed by atoms with Crippen molar-refractivity contribution >= 4 is 45.2 Å². The van der Waals surface area contributed by atoms with Crippen LogP contribution in [0.15, 0.2) is 59.7 Å². The highest BCUT2D eigenvalue weighted by Gasteiger charge is 2.32. The molecule has 0 amide bonds. The predicted octanol–water partition coefficient (Wildman–Crippen LogP) is 4.03. The van der Waals surface area contributed by atoms with Crippen LogP contribution in [0.2, 0.25) is 0 Å². The molecular weight excluding hydrogens is 434 g/mol. The lowest BCUT2D eigenvalue weighted by Gasteiger charge is -2.29. The Morgan fingerprint density at radius 2 is 1.55 bits per heavy atom. The van der Waals surface area contributed by atoms with E-state index in [9.17, 15) is 13.2 Å². The summed E-state index contributed by atoms with van der Waals surface area (Å²) in [6.07, 6.45) is 3.28. The maximum absolute atomic E-state index is 13.1. The quantitative estimate of drug-likeness (QED) is 0.390. The van der Waals surface area contributed by atoms with Crippen LogP contribution < -0.4 is 0 Å². The number of piperidine rings is 1. The number of Topliss-reactive ketones (excluding diaryl/α,β-unsaturated/α-hetero) is 1. The highest BCUT2D eigenvalue weighted by molar-refractivity contribution is 7.89. The molecule has 1 heterocycles. The van der Waals surface area contributed by atoms with E-state index >= 15 is 0 Å². The van der Waals surface area contributed by atoms with Crippen molar-refractivity contribution in [3.63, 3.8) is 0 Å². The molecule has 3 rings (SSSR count). The Bertz CT molecular complexity index is 1150. The number of halogens is 1. The number of sulfonamides is 1. The molecular formula is C23H18ClN3O3S. The highest BCUT2D eigenvalue weighted by Crippen LogP contribution is 2.25. The van der Waals surface area contributed by atoms with Gasteiger partial charge >= 0.3 is 0 Å². The zero-order valence-electron chi connectivity index (χ0n) is 16.5. The van der Waals surface area contributed by atoms with Crippen molar-refractivity contribution in [2.24, 2.45) is 0 Å². The Morgan fingerprint density at radius 3 is 2.00 bits per heavy atom. The maximum Gasteiger partial charge on any atom is 0.215 e. The smallest absolute Gasteiger partial charge is 0.215 e. The zero-order valence-corrected chi connectivity index (χ0v) is 18.0. The normalized spacial score (nSPS) is 17.5. The first-order chi connectivity index (χ1) is 14.9. The average Bonchev–Trinajstić information content (AvgIpc) is 2.77. The number of alkyl halides is 1. The van der Waals surface area contributed by atoms with Crippen LogP contribution >= 0.6 is 11.6 Å². The molecule has 0 bridgehead atoms. The number of ketones is 1. The Kier molecular flexibility index (Phi) is 7.04. The van der Waals surface area contributed by atoms with E-state index in [1.807, 2.05) is 6.07 Å². The van der Waals surface area contributed by atoms with Crippen molar-refractivity contribution in [1.82, 2.24) is 4.31 Å². The number of hydrogen-bond donors (Lipinski definition) is 0. The van der Waals surface area contributed by atoms with Gasteiger partial charge in [-0.1, -0.05) is 36.4 Å². The Balaban J connectivity index is 2.02. The first kappa shape index (κ1) is 22.5. The first-order valence-electron chi connectivity index (χ1n) is 9.33. The number of hydrogen-bond acceptors (Lipinski definition) is 4. The lowest BCUT2D eigenvalue weighted by molar-refractivity contribution is -0.113. The Morgan fingerprint density at radius 1 is 1.03 bits per heavy atom. The molecule has 6 nitrogen and oxygen atoms in total. The molecule has 0 atom stereocenters. The summed E-state index contributed by atoms with van der Waals surface area (Å²) < 4.78 is 26.6. The number of carbonyl (C=O) groups is 1. The Labute approximate surface area is 186 Å². The van der Waals surface area contributed by atoms with Crippen molar-refractivity contribution in [2.75, 3.05) is 24.7 Å². The average molecular weight is 452 g/mol. The molecule has 0 N–H and O–H groups in total. The topological polar surface area (TPSA) is 82.6 Å². The number of nitrogens with zero attached hydrogens (tertiary/aromatic N) is 3. The lowest BCUT2D eigenvalue weighted by atomic mass is 9.95. The van der Waals surface area contributed by atoms with E-state index in [1.165, 1.54) is 4.31 Å². The van der Waals surface area contributed by atoms with Gasteiger partial charge in [0.05, 0.1) is 24.0 Å². The fourth-order valence-electron chi connectivity index (χ4n) is 3.13. The van der Waals surface area contributed by atoms with E-state index in [0.29, 0.717) is 33.5 Å². The minimum atomic E-state index is -3.64. The van der Waals surface area contributed by atoms with Gasteiger partial charge < -0.3 is 0 Å². The molecule has 0 radical (unpaired) electrons. The second-order valence-electron chi connectivity index (χ2n) is 6.88. The van der Waals surface area contributed by atoms with E-state index in [1.54, 1.807) is 60.7 Å². The van der Waals surface area contributed by atoms with Crippen LogP contribution in [0.25, 0.3) is 17.0 Å². The summed E-state index contributed by atoms with van der Waals surface area (Å²) >= 11 is 5.67. The molecule has 8 heteroatoms. The lowest BCUT2D eigenvalue weighted by Crippen LogP contribution is -2.42. The van der Waals surface area contributed by atoms with Gasteiger partial charge in [0.1, 0.15) is 0 Å². The van der Waals surface area contributed by atoms with Crippen molar-refractivity contribution in [2.45, 2.75) is 0 Å². The molecule has 0 unspecified atom stereocenters. The number of rotatable bonds is 5. The van der Waals surface area contributed by atoms with E-state index in [2.05, 4.69) is 4.85 Å². The number of carbonyl (C=O) groups excluding carboxylic acids is 1. The summed E-state index contributed by atoms with van der Waals surface area (Å²) in [7, 11) is -3.64. The summed E-state index contributed by atoms with van der Waals surface area (Å²) in [5.41, 5.74) is 3.03. The number of nitriles is 1. The third-order valence-corrected chi connectivity index (χ3v) is 6.93. The minimum Gasteiger partial charge on any atom is -0.289 e. The van der Waals surface area contributed by atoms with Crippen LogP contribution in [0.4, 0.5) is 5.69 Å². The van der Waals surface area contributed by atoms with Gasteiger partial charge in [0.2, 0.25) is 10.0 Å². The third kappa shape index (κ3) is 5.48. The van der Waals surface area contributed by atoms with Gasteiger partial charge in [-0.2, -0.15) is 9.57 Å². The summed E-state index contributed by atoms with van der Waals surface area (Å²) in [6.45, 7) is 6.94. The molecule has 2 aromatic carbocycles. The third-order valence-electron chi connectivity index (χ3n) is 4.75. The van der Waals surface area contributed by atoms with Gasteiger partial charge in [-0.25, -0.2) is 13.3 Å². The minimum absolute atomic E-state index is 0.0431. The van der Waals surface area contributed by atoms with Gasteiger partial charge in [0.25, 0.3) is 0 Å². The molecule has 1 fully saturated rings. The van der Waals surface area contributed by atoms with Gasteiger partial charge in [-0.05, 0) is 35.4 Å².